The molecule has 0 aliphatic heterocycles. The minimum Gasteiger partial charge on any atom is -0.310 e. The average molecular weight is 249 g/mol. The predicted molar refractivity (Wildman–Crippen MR) is 74.1 cm³/mol. The van der Waals surface area contributed by atoms with E-state index in [1.165, 1.54) is 25.7 Å². The largest absolute Gasteiger partial charge is 0.310 e. The van der Waals surface area contributed by atoms with Crippen LogP contribution in [0.5, 0.6) is 0 Å². The summed E-state index contributed by atoms with van der Waals surface area (Å²) in [5.74, 6) is 0.604. The lowest BCUT2D eigenvalue weighted by Crippen LogP contribution is -2.28. The number of nitrogens with one attached hydrogen (secondary N) is 1. The molecule has 0 amide bonds. The van der Waals surface area contributed by atoms with Crippen molar-refractivity contribution in [2.24, 2.45) is 5.92 Å². The van der Waals surface area contributed by atoms with Gasteiger partial charge in [0, 0.05) is 6.04 Å². The van der Waals surface area contributed by atoms with Gasteiger partial charge in [0.2, 0.25) is 0 Å². The third kappa shape index (κ3) is 3.11. The maximum atomic E-state index is 13.7. The number of benzene rings is 1. The van der Waals surface area contributed by atoms with Crippen LogP contribution in [0.1, 0.15) is 56.2 Å². The molecule has 18 heavy (non-hydrogen) atoms. The maximum Gasteiger partial charge on any atom is 0.126 e. The molecule has 1 aromatic carbocycles. The Balaban J connectivity index is 2.17. The van der Waals surface area contributed by atoms with E-state index in [0.717, 1.165) is 24.1 Å². The molecular formula is C16H24FN. The first-order valence-electron chi connectivity index (χ1n) is 7.21. The number of hydrogen-bond acceptors (Lipinski definition) is 1. The van der Waals surface area contributed by atoms with Crippen molar-refractivity contribution in [3.05, 3.63) is 35.1 Å². The van der Waals surface area contributed by atoms with Gasteiger partial charge in [0.1, 0.15) is 5.82 Å². The summed E-state index contributed by atoms with van der Waals surface area (Å²) >= 11 is 0. The summed E-state index contributed by atoms with van der Waals surface area (Å²) < 4.78 is 13.7. The van der Waals surface area contributed by atoms with Crippen LogP contribution < -0.4 is 5.32 Å². The van der Waals surface area contributed by atoms with Gasteiger partial charge in [-0.05, 0) is 55.8 Å². The van der Waals surface area contributed by atoms with Gasteiger partial charge < -0.3 is 5.32 Å². The van der Waals surface area contributed by atoms with Crippen molar-refractivity contribution < 1.29 is 4.39 Å². The molecule has 1 aliphatic carbocycles. The van der Waals surface area contributed by atoms with Gasteiger partial charge in [-0.25, -0.2) is 4.39 Å². The van der Waals surface area contributed by atoms with Crippen LogP contribution in [0.25, 0.3) is 0 Å². The fourth-order valence-electron chi connectivity index (χ4n) is 2.95. The normalized spacial score (nSPS) is 18.2. The first-order valence-corrected chi connectivity index (χ1v) is 7.21. The van der Waals surface area contributed by atoms with Gasteiger partial charge in [-0.1, -0.05) is 31.9 Å². The Kier molecular flexibility index (Phi) is 4.76. The van der Waals surface area contributed by atoms with Crippen LogP contribution >= 0.6 is 0 Å². The fourth-order valence-corrected chi connectivity index (χ4v) is 2.95. The summed E-state index contributed by atoms with van der Waals surface area (Å²) in [5, 5.41) is 3.61. The molecule has 0 spiro atoms. The molecule has 2 heteroatoms. The van der Waals surface area contributed by atoms with E-state index in [-0.39, 0.29) is 5.82 Å². The topological polar surface area (TPSA) is 12.0 Å². The lowest BCUT2D eigenvalue weighted by atomic mass is 9.91. The highest BCUT2D eigenvalue weighted by molar-refractivity contribution is 5.26. The minimum atomic E-state index is -0.0752. The Morgan fingerprint density at radius 3 is 2.67 bits per heavy atom. The van der Waals surface area contributed by atoms with Gasteiger partial charge in [0.05, 0.1) is 0 Å². The Morgan fingerprint density at radius 1 is 1.33 bits per heavy atom. The third-order valence-electron chi connectivity index (χ3n) is 4.04. The quantitative estimate of drug-likeness (QED) is 0.817. The summed E-state index contributed by atoms with van der Waals surface area (Å²) in [6.07, 6.45) is 6.32. The van der Waals surface area contributed by atoms with Crippen molar-refractivity contribution in [1.29, 1.82) is 0 Å². The molecular weight excluding hydrogens is 225 g/mol. The first kappa shape index (κ1) is 13.5. The molecule has 1 nitrogen and oxygen atoms in total. The van der Waals surface area contributed by atoms with E-state index >= 15 is 0 Å². The van der Waals surface area contributed by atoms with Crippen molar-refractivity contribution in [1.82, 2.24) is 5.32 Å². The number of halogens is 1. The smallest absolute Gasteiger partial charge is 0.126 e. The molecule has 1 aliphatic rings. The molecule has 1 atom stereocenters. The molecule has 2 rings (SSSR count). The number of hydrogen-bond donors (Lipinski definition) is 1. The van der Waals surface area contributed by atoms with Crippen molar-refractivity contribution in [3.8, 4) is 0 Å². The molecule has 1 unspecified atom stereocenters. The van der Waals surface area contributed by atoms with Gasteiger partial charge in [-0.3, -0.25) is 0 Å². The number of rotatable bonds is 5. The first-order chi connectivity index (χ1) is 8.72. The molecule has 0 bridgehead atoms. The summed E-state index contributed by atoms with van der Waals surface area (Å²) in [4.78, 5) is 0. The van der Waals surface area contributed by atoms with Crippen molar-refractivity contribution >= 4 is 0 Å². The molecule has 1 saturated carbocycles. The van der Waals surface area contributed by atoms with Gasteiger partial charge in [-0.2, -0.15) is 0 Å². The molecule has 1 N–H and O–H groups in total. The molecule has 0 radical (unpaired) electrons. The highest BCUT2D eigenvalue weighted by Gasteiger charge is 2.26. The van der Waals surface area contributed by atoms with Crippen LogP contribution in [0, 0.1) is 18.7 Å². The van der Waals surface area contributed by atoms with Crippen molar-refractivity contribution in [2.45, 2.75) is 52.0 Å². The van der Waals surface area contributed by atoms with E-state index in [2.05, 4.69) is 18.3 Å². The zero-order valence-electron chi connectivity index (χ0n) is 11.5. The van der Waals surface area contributed by atoms with Crippen molar-refractivity contribution in [3.63, 3.8) is 0 Å². The van der Waals surface area contributed by atoms with E-state index in [4.69, 9.17) is 0 Å². The third-order valence-corrected chi connectivity index (χ3v) is 4.04. The summed E-state index contributed by atoms with van der Waals surface area (Å²) in [5.41, 5.74) is 1.86. The zero-order valence-corrected chi connectivity index (χ0v) is 11.5. The van der Waals surface area contributed by atoms with E-state index in [1.54, 1.807) is 6.07 Å². The maximum absolute atomic E-state index is 13.7. The van der Waals surface area contributed by atoms with Crippen molar-refractivity contribution in [2.75, 3.05) is 6.54 Å². The second kappa shape index (κ2) is 6.33. The zero-order chi connectivity index (χ0) is 13.0. The van der Waals surface area contributed by atoms with Crippen LogP contribution in [0.15, 0.2) is 18.2 Å². The minimum absolute atomic E-state index is 0.0752. The van der Waals surface area contributed by atoms with Crippen LogP contribution in [-0.4, -0.2) is 6.54 Å². The lowest BCUT2D eigenvalue weighted by molar-refractivity contribution is 0.367. The second-order valence-electron chi connectivity index (χ2n) is 5.48. The SMILES string of the molecule is CCCNC(c1ccc(C)c(F)c1)C1CCCC1. The average Bonchev–Trinajstić information content (AvgIpc) is 2.88. The van der Waals surface area contributed by atoms with Crippen LogP contribution in [0.4, 0.5) is 4.39 Å². The number of aryl methyl sites for hydroxylation is 1. The Bertz CT molecular complexity index is 383. The molecule has 0 aromatic heterocycles. The van der Waals surface area contributed by atoms with Crippen LogP contribution in [0.2, 0.25) is 0 Å². The Morgan fingerprint density at radius 2 is 2.06 bits per heavy atom. The molecule has 1 aromatic rings. The molecule has 1 fully saturated rings. The molecule has 100 valence electrons. The van der Waals surface area contributed by atoms with Gasteiger partial charge in [0.25, 0.3) is 0 Å². The Hall–Kier alpha value is -0.890. The van der Waals surface area contributed by atoms with Gasteiger partial charge in [-0.15, -0.1) is 0 Å². The van der Waals surface area contributed by atoms with Crippen LogP contribution in [0.3, 0.4) is 0 Å². The predicted octanol–water partition coefficient (Wildman–Crippen LogP) is 4.37. The van der Waals surface area contributed by atoms with Gasteiger partial charge in [0.15, 0.2) is 0 Å². The molecule has 0 saturated heterocycles. The van der Waals surface area contributed by atoms with Gasteiger partial charge >= 0.3 is 0 Å². The van der Waals surface area contributed by atoms with Crippen LogP contribution in [-0.2, 0) is 0 Å². The highest BCUT2D eigenvalue weighted by Crippen LogP contribution is 2.36. The Labute approximate surface area is 110 Å². The van der Waals surface area contributed by atoms with E-state index < -0.39 is 0 Å². The van der Waals surface area contributed by atoms with E-state index in [9.17, 15) is 4.39 Å². The van der Waals surface area contributed by atoms with E-state index in [1.807, 2.05) is 13.0 Å². The van der Waals surface area contributed by atoms with E-state index in [0.29, 0.717) is 12.0 Å². The fraction of sp³-hybridized carbons (Fsp3) is 0.625. The monoisotopic (exact) mass is 249 g/mol. The summed E-state index contributed by atoms with van der Waals surface area (Å²) in [7, 11) is 0. The molecule has 0 heterocycles. The second-order valence-corrected chi connectivity index (χ2v) is 5.48. The highest BCUT2D eigenvalue weighted by atomic mass is 19.1. The standard InChI is InChI=1S/C16H24FN/c1-3-10-18-16(13-6-4-5-7-13)14-9-8-12(2)15(17)11-14/h8-9,11,13,16,18H,3-7,10H2,1-2H3. The lowest BCUT2D eigenvalue weighted by Gasteiger charge is -2.25. The summed E-state index contributed by atoms with van der Waals surface area (Å²) in [6, 6.07) is 6.05. The summed E-state index contributed by atoms with van der Waals surface area (Å²) in [6.45, 7) is 5.01.